The molecule has 0 atom stereocenters. The van der Waals surface area contributed by atoms with Gasteiger partial charge < -0.3 is 10.2 Å². The summed E-state index contributed by atoms with van der Waals surface area (Å²) in [5.74, 6) is -0.173. The van der Waals surface area contributed by atoms with Crippen molar-refractivity contribution >= 4 is 28.5 Å². The van der Waals surface area contributed by atoms with Gasteiger partial charge in [0.15, 0.2) is 0 Å². The number of nitrogens with two attached hydrogens (primary N) is 1. The molecule has 0 saturated heterocycles. The van der Waals surface area contributed by atoms with Crippen LogP contribution >= 0.6 is 11.6 Å². The first-order valence-corrected chi connectivity index (χ1v) is 9.55. The van der Waals surface area contributed by atoms with Crippen molar-refractivity contribution in [3.63, 3.8) is 0 Å². The number of halogens is 3. The van der Waals surface area contributed by atoms with E-state index in [1.807, 2.05) is 12.1 Å². The molecule has 0 spiro atoms. The monoisotopic (exact) mass is 455 g/mol. The fourth-order valence-electron chi connectivity index (χ4n) is 3.01. The predicted molar refractivity (Wildman–Crippen MR) is 110 cm³/mol. The van der Waals surface area contributed by atoms with Crippen LogP contribution in [0.5, 0.6) is 0 Å². The van der Waals surface area contributed by atoms with Gasteiger partial charge in [0, 0.05) is 27.7 Å². The highest BCUT2D eigenvalue weighted by molar-refractivity contribution is 6.31. The van der Waals surface area contributed by atoms with Crippen LogP contribution in [0.1, 0.15) is 17.9 Å². The van der Waals surface area contributed by atoms with Crippen LogP contribution < -0.4 is 5.73 Å². The zero-order chi connectivity index (χ0) is 22.2. The number of nitrogen functional groups attached to an aromatic ring is 1. The molecule has 13 heteroatoms. The third-order valence-corrected chi connectivity index (χ3v) is 4.90. The second-order valence-electron chi connectivity index (χ2n) is 6.70. The standard InChI is InChI=1S/C19H12ClF2N9O/c20-13-6-10(17-27-28-18(32-17)15(21)22)1-2-11(13)8-31-29-16(26-30-31)9-3-4-14-12(5-9)7-24-19(23)25-14/h1-7,15H,8H2,(H2,23,24,25). The van der Waals surface area contributed by atoms with Gasteiger partial charge in [-0.15, -0.1) is 20.4 Å². The first-order chi connectivity index (χ1) is 15.5. The summed E-state index contributed by atoms with van der Waals surface area (Å²) < 4.78 is 30.2. The maximum atomic E-state index is 12.6. The summed E-state index contributed by atoms with van der Waals surface area (Å²) in [7, 11) is 0. The lowest BCUT2D eigenvalue weighted by Gasteiger charge is -2.04. The molecule has 3 heterocycles. The van der Waals surface area contributed by atoms with Crippen LogP contribution in [0, 0.1) is 0 Å². The Morgan fingerprint density at radius 1 is 1.06 bits per heavy atom. The average Bonchev–Trinajstić information content (AvgIpc) is 3.45. The molecule has 5 aromatic rings. The Hall–Kier alpha value is -4.06. The van der Waals surface area contributed by atoms with Gasteiger partial charge in [-0.05, 0) is 41.1 Å². The molecule has 0 fully saturated rings. The van der Waals surface area contributed by atoms with Gasteiger partial charge in [0.1, 0.15) is 0 Å². The van der Waals surface area contributed by atoms with E-state index in [0.29, 0.717) is 27.5 Å². The van der Waals surface area contributed by atoms with Crippen LogP contribution in [0.3, 0.4) is 0 Å². The number of tetrazole rings is 1. The molecule has 2 N–H and O–H groups in total. The van der Waals surface area contributed by atoms with E-state index in [0.717, 1.165) is 10.9 Å². The summed E-state index contributed by atoms with van der Waals surface area (Å²) in [5, 5.41) is 20.6. The second-order valence-corrected chi connectivity index (χ2v) is 7.10. The lowest BCUT2D eigenvalue weighted by molar-refractivity contribution is 0.116. The van der Waals surface area contributed by atoms with Crippen LogP contribution in [0.15, 0.2) is 47.0 Å². The molecule has 160 valence electrons. The summed E-state index contributed by atoms with van der Waals surface area (Å²) in [6.07, 6.45) is -1.22. The van der Waals surface area contributed by atoms with E-state index in [1.165, 1.54) is 4.80 Å². The molecule has 0 radical (unpaired) electrons. The Bertz CT molecular complexity index is 1440. The third-order valence-electron chi connectivity index (χ3n) is 4.55. The molecular weight excluding hydrogens is 444 g/mol. The fourth-order valence-corrected chi connectivity index (χ4v) is 3.25. The van der Waals surface area contributed by atoms with E-state index in [2.05, 4.69) is 35.6 Å². The van der Waals surface area contributed by atoms with E-state index >= 15 is 0 Å². The van der Waals surface area contributed by atoms with Crippen molar-refractivity contribution in [1.29, 1.82) is 0 Å². The van der Waals surface area contributed by atoms with E-state index in [-0.39, 0.29) is 18.4 Å². The van der Waals surface area contributed by atoms with Gasteiger partial charge in [0.25, 0.3) is 5.89 Å². The van der Waals surface area contributed by atoms with Gasteiger partial charge in [0.2, 0.25) is 17.7 Å². The van der Waals surface area contributed by atoms with Crippen molar-refractivity contribution in [2.75, 3.05) is 5.73 Å². The minimum absolute atomic E-state index is 0.0445. The van der Waals surface area contributed by atoms with Gasteiger partial charge in [-0.2, -0.15) is 13.6 Å². The maximum absolute atomic E-state index is 12.6. The highest BCUT2D eigenvalue weighted by Gasteiger charge is 2.18. The Balaban J connectivity index is 1.36. The van der Waals surface area contributed by atoms with Crippen LogP contribution in [-0.2, 0) is 6.54 Å². The molecule has 0 aliphatic rings. The van der Waals surface area contributed by atoms with Crippen molar-refractivity contribution in [2.45, 2.75) is 13.0 Å². The molecule has 0 aliphatic carbocycles. The number of alkyl halides is 2. The lowest BCUT2D eigenvalue weighted by Crippen LogP contribution is -2.04. The molecule has 5 rings (SSSR count). The Morgan fingerprint density at radius 3 is 2.69 bits per heavy atom. The topological polar surface area (TPSA) is 134 Å². The Kier molecular flexibility index (Phi) is 4.90. The molecule has 0 aliphatic heterocycles. The van der Waals surface area contributed by atoms with Gasteiger partial charge in [-0.3, -0.25) is 0 Å². The molecule has 0 saturated carbocycles. The average molecular weight is 456 g/mol. The minimum Gasteiger partial charge on any atom is -0.415 e. The molecule has 3 aromatic heterocycles. The molecule has 0 bridgehead atoms. The lowest BCUT2D eigenvalue weighted by atomic mass is 10.1. The maximum Gasteiger partial charge on any atom is 0.314 e. The second kappa shape index (κ2) is 7.89. The quantitative estimate of drug-likeness (QED) is 0.422. The van der Waals surface area contributed by atoms with E-state index in [9.17, 15) is 8.78 Å². The van der Waals surface area contributed by atoms with Crippen molar-refractivity contribution in [3.8, 4) is 22.8 Å². The Labute approximate surface area is 183 Å². The number of benzene rings is 2. The SMILES string of the molecule is Nc1ncc2cc(-c3nnn(Cc4ccc(-c5nnc(C(F)F)o5)cc4Cl)n3)ccc2n1. The number of hydrogen-bond donors (Lipinski definition) is 1. The van der Waals surface area contributed by atoms with Crippen LogP contribution in [-0.4, -0.2) is 40.4 Å². The molecule has 0 unspecified atom stereocenters. The summed E-state index contributed by atoms with van der Waals surface area (Å²) in [5.41, 5.74) is 8.17. The van der Waals surface area contributed by atoms with Gasteiger partial charge in [0.05, 0.1) is 12.1 Å². The summed E-state index contributed by atoms with van der Waals surface area (Å²) >= 11 is 6.35. The van der Waals surface area contributed by atoms with E-state index < -0.39 is 12.3 Å². The third kappa shape index (κ3) is 3.83. The largest absolute Gasteiger partial charge is 0.415 e. The number of rotatable bonds is 5. The molecule has 0 amide bonds. The number of nitrogens with zero attached hydrogens (tertiary/aromatic N) is 8. The minimum atomic E-state index is -2.84. The smallest absolute Gasteiger partial charge is 0.314 e. The molecule has 2 aromatic carbocycles. The van der Waals surface area contributed by atoms with E-state index in [1.54, 1.807) is 30.5 Å². The first kappa shape index (κ1) is 19.9. The molecular formula is C19H12ClF2N9O. The predicted octanol–water partition coefficient (Wildman–Crippen LogP) is 3.55. The van der Waals surface area contributed by atoms with Gasteiger partial charge in [-0.1, -0.05) is 17.7 Å². The van der Waals surface area contributed by atoms with Crippen molar-refractivity contribution in [2.24, 2.45) is 0 Å². The van der Waals surface area contributed by atoms with Crippen molar-refractivity contribution in [1.82, 2.24) is 40.4 Å². The first-order valence-electron chi connectivity index (χ1n) is 9.17. The summed E-state index contributed by atoms with van der Waals surface area (Å²) in [6.45, 7) is 0.242. The highest BCUT2D eigenvalue weighted by Crippen LogP contribution is 2.27. The van der Waals surface area contributed by atoms with Crippen molar-refractivity contribution in [3.05, 3.63) is 59.1 Å². The zero-order valence-electron chi connectivity index (χ0n) is 16.0. The highest BCUT2D eigenvalue weighted by atomic mass is 35.5. The number of aromatic nitrogens is 8. The normalized spacial score (nSPS) is 11.5. The fraction of sp³-hybridized carbons (Fsp3) is 0.105. The summed E-state index contributed by atoms with van der Waals surface area (Å²) in [4.78, 5) is 9.54. The van der Waals surface area contributed by atoms with Crippen LogP contribution in [0.25, 0.3) is 33.7 Å². The van der Waals surface area contributed by atoms with Crippen LogP contribution in [0.2, 0.25) is 5.02 Å². The van der Waals surface area contributed by atoms with Gasteiger partial charge in [-0.25, -0.2) is 9.97 Å². The van der Waals surface area contributed by atoms with Gasteiger partial charge >= 0.3 is 6.43 Å². The number of anilines is 1. The number of hydrogen-bond acceptors (Lipinski definition) is 9. The summed E-state index contributed by atoms with van der Waals surface area (Å²) in [6, 6.07) is 10.3. The molecule has 32 heavy (non-hydrogen) atoms. The van der Waals surface area contributed by atoms with Crippen LogP contribution in [0.4, 0.5) is 14.7 Å². The molecule has 10 nitrogen and oxygen atoms in total. The number of fused-ring (bicyclic) bond motifs is 1. The zero-order valence-corrected chi connectivity index (χ0v) is 16.8. The van der Waals surface area contributed by atoms with E-state index in [4.69, 9.17) is 21.8 Å². The van der Waals surface area contributed by atoms with Crippen molar-refractivity contribution < 1.29 is 13.2 Å². The Morgan fingerprint density at radius 2 is 1.91 bits per heavy atom.